The van der Waals surface area contributed by atoms with Crippen molar-refractivity contribution in [1.29, 1.82) is 0 Å². The fourth-order valence-corrected chi connectivity index (χ4v) is 5.55. The first kappa shape index (κ1) is 23.8. The molecule has 0 spiro atoms. The summed E-state index contributed by atoms with van der Waals surface area (Å²) in [7, 11) is -4.83. The monoisotopic (exact) mass is 458 g/mol. The molecule has 3 aromatic rings. The molecule has 0 atom stereocenters. The quantitative estimate of drug-likeness (QED) is 0.340. The van der Waals surface area contributed by atoms with E-state index in [1.807, 2.05) is 54.6 Å². The molecule has 0 saturated carbocycles. The molecular weight excluding hydrogens is 439 g/mol. The van der Waals surface area contributed by atoms with Gasteiger partial charge in [-0.1, -0.05) is 48.2 Å². The predicted molar refractivity (Wildman–Crippen MR) is 119 cm³/mol. The third kappa shape index (κ3) is 4.67. The van der Waals surface area contributed by atoms with Crippen molar-refractivity contribution in [1.82, 2.24) is 4.98 Å². The number of pyridine rings is 1. The average molecular weight is 459 g/mol. The molecule has 0 bridgehead atoms. The van der Waals surface area contributed by atoms with Crippen molar-refractivity contribution >= 4 is 38.8 Å². The van der Waals surface area contributed by atoms with Crippen LogP contribution in [0.15, 0.2) is 99.4 Å². The van der Waals surface area contributed by atoms with Crippen molar-refractivity contribution < 1.29 is 42.5 Å². The van der Waals surface area contributed by atoms with Gasteiger partial charge in [0.15, 0.2) is 0 Å². The normalized spacial score (nSPS) is 14.2. The summed E-state index contributed by atoms with van der Waals surface area (Å²) in [5.41, 5.74) is 2.87. The maximum absolute atomic E-state index is 12.6. The summed E-state index contributed by atoms with van der Waals surface area (Å²) >= 11 is 1.55. The van der Waals surface area contributed by atoms with Gasteiger partial charge in [0.2, 0.25) is 0 Å². The molecule has 0 unspecified atom stereocenters. The number of nitrogens with zero attached hydrogens (tertiary/aromatic N) is 2. The van der Waals surface area contributed by atoms with Gasteiger partial charge < -0.3 is 4.55 Å². The van der Waals surface area contributed by atoms with E-state index in [4.69, 9.17) is 0 Å². The number of anilines is 2. The van der Waals surface area contributed by atoms with Crippen molar-refractivity contribution in [3.05, 3.63) is 95.3 Å². The molecule has 2 aromatic carbocycles. The third-order valence-electron chi connectivity index (χ3n) is 4.83. The van der Waals surface area contributed by atoms with Gasteiger partial charge in [-0.25, -0.2) is 8.42 Å². The summed E-state index contributed by atoms with van der Waals surface area (Å²) in [5, 5.41) is -0.290. The topological polar surface area (TPSA) is 73.3 Å². The number of allylic oxidation sites excluding steroid dienone is 3. The van der Waals surface area contributed by atoms with Crippen LogP contribution in [0.2, 0.25) is 0 Å². The molecule has 1 aromatic heterocycles. The first-order chi connectivity index (χ1) is 14.4. The number of hydrogen-bond donors (Lipinski definition) is 0. The second kappa shape index (κ2) is 9.73. The van der Waals surface area contributed by atoms with E-state index >= 15 is 0 Å². The Hall–Kier alpha value is -1.87. The minimum absolute atomic E-state index is 0. The van der Waals surface area contributed by atoms with Crippen LogP contribution in [-0.2, 0) is 10.1 Å². The van der Waals surface area contributed by atoms with Crippen molar-refractivity contribution in [2.24, 2.45) is 0 Å². The zero-order valence-electron chi connectivity index (χ0n) is 17.4. The summed E-state index contributed by atoms with van der Waals surface area (Å²) in [5.74, 6) is 0. The number of aromatic nitrogens is 1. The van der Waals surface area contributed by atoms with Crippen LogP contribution in [0.4, 0.5) is 11.4 Å². The molecule has 152 valence electrons. The molecule has 0 radical (unpaired) electrons. The Balaban J connectivity index is 0.00000272. The fraction of sp³-hybridized carbons (Fsp3) is 0.0870. The first-order valence-corrected chi connectivity index (χ1v) is 11.5. The van der Waals surface area contributed by atoms with E-state index in [1.165, 1.54) is 0 Å². The van der Waals surface area contributed by atoms with Gasteiger partial charge in [0.05, 0.1) is 17.1 Å². The summed E-state index contributed by atoms with van der Waals surface area (Å²) < 4.78 is 37.9. The van der Waals surface area contributed by atoms with E-state index in [-0.39, 0.29) is 34.6 Å². The summed E-state index contributed by atoms with van der Waals surface area (Å²) in [4.78, 5) is 7.67. The molecule has 0 fully saturated rings. The molecule has 2 heterocycles. The van der Waals surface area contributed by atoms with Crippen LogP contribution in [-0.4, -0.2) is 18.0 Å². The Kier molecular flexibility index (Phi) is 7.47. The van der Waals surface area contributed by atoms with Gasteiger partial charge in [-0.3, -0.25) is 9.88 Å². The zero-order valence-corrected chi connectivity index (χ0v) is 21.1. The molecular formula is C23H19N2NaO3S2. The van der Waals surface area contributed by atoms with Gasteiger partial charge in [-0.2, -0.15) is 0 Å². The summed E-state index contributed by atoms with van der Waals surface area (Å²) in [6, 6.07) is 20.4. The van der Waals surface area contributed by atoms with E-state index in [2.05, 4.69) is 4.98 Å². The largest absolute Gasteiger partial charge is 1.00 e. The van der Waals surface area contributed by atoms with Gasteiger partial charge in [0.25, 0.3) is 0 Å². The summed E-state index contributed by atoms with van der Waals surface area (Å²) in [6.45, 7) is 3.46. The van der Waals surface area contributed by atoms with Gasteiger partial charge in [0.1, 0.15) is 15.1 Å². The van der Waals surface area contributed by atoms with Crippen LogP contribution in [0.5, 0.6) is 0 Å². The molecule has 4 rings (SSSR count). The maximum atomic E-state index is 12.6. The maximum Gasteiger partial charge on any atom is 1.00 e. The second-order valence-corrected chi connectivity index (χ2v) is 9.05. The molecule has 8 heteroatoms. The van der Waals surface area contributed by atoms with Crippen molar-refractivity contribution in [2.75, 3.05) is 4.90 Å². The van der Waals surface area contributed by atoms with E-state index in [9.17, 15) is 13.0 Å². The zero-order chi connectivity index (χ0) is 21.3. The van der Waals surface area contributed by atoms with E-state index in [0.717, 1.165) is 9.79 Å². The molecule has 5 nitrogen and oxygen atoms in total. The Morgan fingerprint density at radius 2 is 1.52 bits per heavy atom. The minimum atomic E-state index is -4.83. The van der Waals surface area contributed by atoms with Crippen molar-refractivity contribution in [3.63, 3.8) is 0 Å². The van der Waals surface area contributed by atoms with E-state index < -0.39 is 10.1 Å². The standard InChI is InChI=1S/C23H20N2O3S2.Na/c1-3-17(18-10-8-9-15-24-18)16(2)23(30(26,27)28)25-19-11-4-6-13-21(19)29-22-14-7-5-12-20(22)25;/h3-15H,1-2H3,(H,26,27,28);/q;+1/p-1. The third-order valence-corrected chi connectivity index (χ3v) is 6.92. The van der Waals surface area contributed by atoms with Crippen LogP contribution >= 0.6 is 11.8 Å². The fourth-order valence-electron chi connectivity index (χ4n) is 3.58. The molecule has 31 heavy (non-hydrogen) atoms. The van der Waals surface area contributed by atoms with Gasteiger partial charge in [0, 0.05) is 21.6 Å². The first-order valence-electron chi connectivity index (χ1n) is 9.32. The Labute approximate surface area is 208 Å². The average Bonchev–Trinajstić information content (AvgIpc) is 2.74. The van der Waals surface area contributed by atoms with Crippen LogP contribution in [0.1, 0.15) is 19.5 Å². The van der Waals surface area contributed by atoms with E-state index in [1.54, 1.807) is 54.9 Å². The molecule has 0 N–H and O–H groups in total. The molecule has 1 aliphatic rings. The Bertz CT molecular complexity index is 1230. The summed E-state index contributed by atoms with van der Waals surface area (Å²) in [6.07, 6.45) is 3.42. The second-order valence-electron chi connectivity index (χ2n) is 6.67. The van der Waals surface area contributed by atoms with Crippen molar-refractivity contribution in [2.45, 2.75) is 23.6 Å². The van der Waals surface area contributed by atoms with Crippen LogP contribution in [0.3, 0.4) is 0 Å². The van der Waals surface area contributed by atoms with Crippen LogP contribution in [0.25, 0.3) is 5.57 Å². The van der Waals surface area contributed by atoms with Crippen molar-refractivity contribution in [3.8, 4) is 0 Å². The molecule has 1 aliphatic heterocycles. The Morgan fingerprint density at radius 3 is 2.00 bits per heavy atom. The van der Waals surface area contributed by atoms with Gasteiger partial charge in [-0.05, 0) is 55.8 Å². The Morgan fingerprint density at radius 1 is 0.968 bits per heavy atom. The van der Waals surface area contributed by atoms with Crippen LogP contribution in [0, 0.1) is 0 Å². The minimum Gasteiger partial charge on any atom is -0.743 e. The van der Waals surface area contributed by atoms with Gasteiger partial charge >= 0.3 is 29.6 Å². The number of para-hydroxylation sites is 2. The van der Waals surface area contributed by atoms with Gasteiger partial charge in [-0.15, -0.1) is 0 Å². The number of hydrogen-bond acceptors (Lipinski definition) is 6. The number of fused-ring (bicyclic) bond motifs is 2. The predicted octanol–water partition coefficient (Wildman–Crippen LogP) is 2.57. The van der Waals surface area contributed by atoms with E-state index in [0.29, 0.717) is 28.2 Å². The SMILES string of the molecule is CC=C(C(C)=C(N1c2ccccc2Sc2ccccc21)S(=O)(=O)[O-])c1ccccn1.[Na+]. The number of rotatable bonds is 4. The molecule has 0 saturated heterocycles. The molecule has 0 amide bonds. The number of benzene rings is 2. The van der Waals surface area contributed by atoms with Crippen LogP contribution < -0.4 is 34.5 Å². The molecule has 0 aliphatic carbocycles. The smallest absolute Gasteiger partial charge is 0.743 e.